The fourth-order valence-electron chi connectivity index (χ4n) is 0.995. The SMILES string of the molecule is O=C(O)c1cc(C(=O)O)cc(S(=O)(=O)O)c1.[CH2-]CCO.[Na+]. The molecule has 8 nitrogen and oxygen atoms in total. The molecule has 0 spiro atoms. The third-order valence-corrected chi connectivity index (χ3v) is 2.69. The summed E-state index contributed by atoms with van der Waals surface area (Å²) in [5.41, 5.74) is -1.07. The maximum absolute atomic E-state index is 10.8. The Balaban J connectivity index is 0. The Bertz CT molecular complexity index is 562. The summed E-state index contributed by atoms with van der Waals surface area (Å²) in [6, 6.07) is 2.13. The van der Waals surface area contributed by atoms with Crippen LogP contribution in [0.1, 0.15) is 27.1 Å². The molecule has 0 aromatic heterocycles. The number of benzene rings is 1. The normalized spacial score (nSPS) is 9.86. The van der Waals surface area contributed by atoms with Gasteiger partial charge in [0.1, 0.15) is 0 Å². The number of carbonyl (C=O) groups is 2. The number of aromatic carboxylic acids is 2. The largest absolute Gasteiger partial charge is 1.00 e. The molecule has 0 aliphatic rings. The summed E-state index contributed by atoms with van der Waals surface area (Å²) in [7, 11) is -4.64. The molecule has 21 heavy (non-hydrogen) atoms. The molecule has 0 saturated carbocycles. The van der Waals surface area contributed by atoms with E-state index in [1.165, 1.54) is 0 Å². The maximum Gasteiger partial charge on any atom is 1.00 e. The molecule has 0 unspecified atom stereocenters. The van der Waals surface area contributed by atoms with E-state index >= 15 is 0 Å². The summed E-state index contributed by atoms with van der Waals surface area (Å²) in [5.74, 6) is -2.99. The average Bonchev–Trinajstić information content (AvgIpc) is 2.37. The van der Waals surface area contributed by atoms with Crippen LogP contribution in [-0.2, 0) is 10.1 Å². The molecular weight excluding hydrogens is 315 g/mol. The quantitative estimate of drug-likeness (QED) is 0.270. The van der Waals surface area contributed by atoms with Gasteiger partial charge in [0.25, 0.3) is 10.1 Å². The predicted octanol–water partition coefficient (Wildman–Crippen LogP) is -2.46. The van der Waals surface area contributed by atoms with Crippen molar-refractivity contribution < 1.29 is 67.4 Å². The van der Waals surface area contributed by atoms with Crippen molar-refractivity contribution in [3.05, 3.63) is 36.2 Å². The molecule has 0 fully saturated rings. The molecule has 0 heterocycles. The molecule has 0 bridgehead atoms. The molecule has 10 heteroatoms. The van der Waals surface area contributed by atoms with Crippen LogP contribution in [0.5, 0.6) is 0 Å². The van der Waals surface area contributed by atoms with E-state index in [1.54, 1.807) is 0 Å². The molecule has 0 saturated heterocycles. The van der Waals surface area contributed by atoms with Gasteiger partial charge in [-0.3, -0.25) is 4.55 Å². The minimum Gasteiger partial charge on any atom is -0.478 e. The zero-order chi connectivity index (χ0) is 15.9. The smallest absolute Gasteiger partial charge is 0.478 e. The fourth-order valence-corrected chi connectivity index (χ4v) is 1.55. The number of rotatable bonds is 4. The summed E-state index contributed by atoms with van der Waals surface area (Å²) in [4.78, 5) is 20.4. The van der Waals surface area contributed by atoms with Gasteiger partial charge in [0.2, 0.25) is 0 Å². The number of carboxylic acid groups (broad SMARTS) is 2. The molecule has 1 aromatic carbocycles. The number of hydrogen-bond donors (Lipinski definition) is 4. The van der Waals surface area contributed by atoms with Crippen molar-refractivity contribution in [3.8, 4) is 0 Å². The third-order valence-electron chi connectivity index (χ3n) is 1.86. The fraction of sp³-hybridized carbons (Fsp3) is 0.182. The molecule has 0 radical (unpaired) electrons. The summed E-state index contributed by atoms with van der Waals surface area (Å²) in [6.07, 6.45) is 0.625. The van der Waals surface area contributed by atoms with Crippen molar-refractivity contribution in [2.75, 3.05) is 6.61 Å². The second kappa shape index (κ2) is 9.87. The van der Waals surface area contributed by atoms with Crippen molar-refractivity contribution in [1.29, 1.82) is 0 Å². The van der Waals surface area contributed by atoms with Gasteiger partial charge in [-0.1, -0.05) is 0 Å². The molecule has 112 valence electrons. The van der Waals surface area contributed by atoms with Crippen molar-refractivity contribution in [2.24, 2.45) is 0 Å². The second-order valence-electron chi connectivity index (χ2n) is 3.41. The van der Waals surface area contributed by atoms with Crippen LogP contribution in [0.2, 0.25) is 0 Å². The predicted molar refractivity (Wildman–Crippen MR) is 67.2 cm³/mol. The van der Waals surface area contributed by atoms with Gasteiger partial charge in [0, 0.05) is 6.61 Å². The molecule has 1 rings (SSSR count). The first-order valence-corrected chi connectivity index (χ1v) is 6.56. The van der Waals surface area contributed by atoms with Gasteiger partial charge >= 0.3 is 41.5 Å². The van der Waals surface area contributed by atoms with E-state index in [9.17, 15) is 18.0 Å². The van der Waals surface area contributed by atoms with Crippen LogP contribution in [-0.4, -0.2) is 46.8 Å². The second-order valence-corrected chi connectivity index (χ2v) is 4.83. The molecule has 0 aliphatic heterocycles. The van der Waals surface area contributed by atoms with E-state index in [2.05, 4.69) is 6.92 Å². The van der Waals surface area contributed by atoms with Gasteiger partial charge in [-0.05, 0) is 18.2 Å². The van der Waals surface area contributed by atoms with Crippen LogP contribution < -0.4 is 29.6 Å². The van der Waals surface area contributed by atoms with Crippen LogP contribution >= 0.6 is 0 Å². The Labute approximate surface area is 143 Å². The standard InChI is InChI=1S/C8H6O7S.C3H7O.Na/c9-7(10)4-1-5(8(11)12)3-6(2-4)16(13,14)15;1-2-3-4;/h1-3H,(H,9,10)(H,11,12)(H,13,14,15);4H,1-3H2;/q;-1;+1. The van der Waals surface area contributed by atoms with Crippen molar-refractivity contribution in [2.45, 2.75) is 11.3 Å². The molecule has 0 aliphatic carbocycles. The van der Waals surface area contributed by atoms with Gasteiger partial charge in [0.15, 0.2) is 0 Å². The number of aliphatic hydroxyl groups is 1. The van der Waals surface area contributed by atoms with Crippen LogP contribution in [0.3, 0.4) is 0 Å². The van der Waals surface area contributed by atoms with Gasteiger partial charge in [-0.15, -0.1) is 0 Å². The van der Waals surface area contributed by atoms with E-state index in [0.29, 0.717) is 18.6 Å². The van der Waals surface area contributed by atoms with Crippen LogP contribution in [0, 0.1) is 6.92 Å². The third kappa shape index (κ3) is 8.15. The Hall–Kier alpha value is -0.970. The topological polar surface area (TPSA) is 149 Å². The van der Waals surface area contributed by atoms with Crippen molar-refractivity contribution >= 4 is 22.1 Å². The molecule has 0 amide bonds. The summed E-state index contributed by atoms with van der Waals surface area (Å²) >= 11 is 0. The number of carboxylic acids is 2. The van der Waals surface area contributed by atoms with Crippen molar-refractivity contribution in [1.82, 2.24) is 0 Å². The molecule has 0 atom stereocenters. The van der Waals surface area contributed by atoms with Crippen LogP contribution in [0.15, 0.2) is 23.1 Å². The summed E-state index contributed by atoms with van der Waals surface area (Å²) in [5, 5.41) is 25.0. The van der Waals surface area contributed by atoms with E-state index in [0.717, 1.165) is 6.07 Å². The monoisotopic (exact) mass is 328 g/mol. The van der Waals surface area contributed by atoms with Gasteiger partial charge in [0.05, 0.1) is 16.0 Å². The van der Waals surface area contributed by atoms with Gasteiger partial charge in [-0.25, -0.2) is 9.59 Å². The maximum atomic E-state index is 10.8. The number of aliphatic hydroxyl groups excluding tert-OH is 1. The van der Waals surface area contributed by atoms with E-state index in [4.69, 9.17) is 19.9 Å². The van der Waals surface area contributed by atoms with E-state index in [-0.39, 0.29) is 36.2 Å². The number of hydrogen-bond acceptors (Lipinski definition) is 5. The Kier molecular flexibility index (Phi) is 10.5. The Morgan fingerprint density at radius 2 is 1.38 bits per heavy atom. The van der Waals surface area contributed by atoms with E-state index < -0.39 is 38.1 Å². The Morgan fingerprint density at radius 1 is 1.05 bits per heavy atom. The first kappa shape index (κ1) is 22.3. The van der Waals surface area contributed by atoms with Crippen molar-refractivity contribution in [3.63, 3.8) is 0 Å². The van der Waals surface area contributed by atoms with E-state index in [1.807, 2.05) is 0 Å². The first-order chi connectivity index (χ1) is 9.13. The van der Waals surface area contributed by atoms with Gasteiger partial charge < -0.3 is 22.2 Å². The minimum absolute atomic E-state index is 0. The van der Waals surface area contributed by atoms with Crippen LogP contribution in [0.25, 0.3) is 0 Å². The zero-order valence-corrected chi connectivity index (χ0v) is 14.0. The molecule has 4 N–H and O–H groups in total. The van der Waals surface area contributed by atoms with Gasteiger partial charge in [-0.2, -0.15) is 14.8 Å². The Morgan fingerprint density at radius 3 is 1.57 bits per heavy atom. The molecular formula is C11H13NaO8S. The van der Waals surface area contributed by atoms with Crippen LogP contribution in [0.4, 0.5) is 0 Å². The summed E-state index contributed by atoms with van der Waals surface area (Å²) < 4.78 is 30.2. The minimum atomic E-state index is -4.64. The average molecular weight is 328 g/mol. The first-order valence-electron chi connectivity index (χ1n) is 5.12. The summed E-state index contributed by atoms with van der Waals surface area (Å²) in [6.45, 7) is 3.56. The zero-order valence-electron chi connectivity index (χ0n) is 11.2. The molecule has 1 aromatic rings.